The minimum absolute atomic E-state index is 0.0490. The predicted octanol–water partition coefficient (Wildman–Crippen LogP) is 2.41. The van der Waals surface area contributed by atoms with Crippen LogP contribution in [0.25, 0.3) is 0 Å². The fraction of sp³-hybridized carbons (Fsp3) is 0.706. The lowest BCUT2D eigenvalue weighted by Gasteiger charge is -2.17. The smallest absolute Gasteiger partial charge is 0.253 e. The molecule has 1 N–H and O–H groups in total. The molecule has 22 heavy (non-hydrogen) atoms. The molecule has 0 saturated carbocycles. The highest BCUT2D eigenvalue weighted by Crippen LogP contribution is 2.21. The van der Waals surface area contributed by atoms with Crippen LogP contribution < -0.4 is 5.32 Å². The van der Waals surface area contributed by atoms with E-state index in [0.29, 0.717) is 31.2 Å². The van der Waals surface area contributed by atoms with Crippen molar-refractivity contribution in [2.75, 3.05) is 13.1 Å². The summed E-state index contributed by atoms with van der Waals surface area (Å²) in [7, 11) is 0. The van der Waals surface area contributed by atoms with Gasteiger partial charge in [0.1, 0.15) is 0 Å². The molecule has 0 spiro atoms. The van der Waals surface area contributed by atoms with E-state index in [4.69, 9.17) is 0 Å². The molecule has 0 radical (unpaired) electrons. The highest BCUT2D eigenvalue weighted by molar-refractivity contribution is 6.12. The molecule has 1 aliphatic heterocycles. The standard InChI is InChI=1S/C17H28N2O3/c1-17(2,3)11-5-6-12-18-14(20)8-4-7-13-19-15(21)9-10-16(19)22/h9-10H,4-8,11-13H2,1-3H3,(H,18,20). The zero-order valence-corrected chi connectivity index (χ0v) is 14.0. The van der Waals surface area contributed by atoms with Crippen molar-refractivity contribution in [2.45, 2.75) is 59.3 Å². The van der Waals surface area contributed by atoms with Crippen molar-refractivity contribution < 1.29 is 14.4 Å². The fourth-order valence-electron chi connectivity index (χ4n) is 2.30. The first-order chi connectivity index (χ1) is 10.3. The number of carbonyl (C=O) groups is 3. The summed E-state index contributed by atoms with van der Waals surface area (Å²) in [5.74, 6) is -0.463. The SMILES string of the molecule is CC(C)(C)CCCCNC(=O)CCCCN1C(=O)C=CC1=O. The van der Waals surface area contributed by atoms with E-state index in [0.717, 1.165) is 25.8 Å². The maximum Gasteiger partial charge on any atom is 0.253 e. The molecule has 0 atom stereocenters. The van der Waals surface area contributed by atoms with Gasteiger partial charge in [0.2, 0.25) is 5.91 Å². The summed E-state index contributed by atoms with van der Waals surface area (Å²) in [6, 6.07) is 0. The highest BCUT2D eigenvalue weighted by atomic mass is 16.2. The Morgan fingerprint density at radius 3 is 2.27 bits per heavy atom. The van der Waals surface area contributed by atoms with E-state index >= 15 is 0 Å². The molecule has 0 fully saturated rings. The Hall–Kier alpha value is -1.65. The van der Waals surface area contributed by atoms with Crippen molar-refractivity contribution in [1.29, 1.82) is 0 Å². The molecule has 1 heterocycles. The zero-order chi connectivity index (χ0) is 16.6. The molecule has 1 rings (SSSR count). The number of imide groups is 1. The van der Waals surface area contributed by atoms with Crippen molar-refractivity contribution in [3.05, 3.63) is 12.2 Å². The number of hydrogen-bond acceptors (Lipinski definition) is 3. The molecular formula is C17H28N2O3. The lowest BCUT2D eigenvalue weighted by atomic mass is 9.90. The lowest BCUT2D eigenvalue weighted by Crippen LogP contribution is -2.31. The van der Waals surface area contributed by atoms with E-state index in [-0.39, 0.29) is 17.7 Å². The molecule has 5 heteroatoms. The monoisotopic (exact) mass is 308 g/mol. The van der Waals surface area contributed by atoms with Crippen LogP contribution in [0.4, 0.5) is 0 Å². The number of amides is 3. The normalized spacial score (nSPS) is 14.8. The molecule has 1 aliphatic rings. The number of unbranched alkanes of at least 4 members (excludes halogenated alkanes) is 2. The van der Waals surface area contributed by atoms with Gasteiger partial charge in [-0.1, -0.05) is 27.2 Å². The van der Waals surface area contributed by atoms with Crippen LogP contribution in [0.3, 0.4) is 0 Å². The molecule has 5 nitrogen and oxygen atoms in total. The van der Waals surface area contributed by atoms with Crippen LogP contribution in [-0.4, -0.2) is 35.7 Å². The molecule has 0 bridgehead atoms. The van der Waals surface area contributed by atoms with Gasteiger partial charge in [0.05, 0.1) is 0 Å². The van der Waals surface area contributed by atoms with Gasteiger partial charge in [-0.2, -0.15) is 0 Å². The Morgan fingerprint density at radius 1 is 1.05 bits per heavy atom. The minimum Gasteiger partial charge on any atom is -0.356 e. The van der Waals surface area contributed by atoms with Gasteiger partial charge in [-0.15, -0.1) is 0 Å². The van der Waals surface area contributed by atoms with Gasteiger partial charge < -0.3 is 5.32 Å². The first kappa shape index (κ1) is 18.4. The molecular weight excluding hydrogens is 280 g/mol. The largest absolute Gasteiger partial charge is 0.356 e. The second-order valence-electron chi connectivity index (χ2n) is 6.99. The molecule has 0 aliphatic carbocycles. The number of hydrogen-bond donors (Lipinski definition) is 1. The average molecular weight is 308 g/mol. The summed E-state index contributed by atoms with van der Waals surface area (Å²) in [5, 5.41) is 2.92. The third-order valence-electron chi connectivity index (χ3n) is 3.61. The highest BCUT2D eigenvalue weighted by Gasteiger charge is 2.22. The van der Waals surface area contributed by atoms with Crippen molar-refractivity contribution in [3.8, 4) is 0 Å². The van der Waals surface area contributed by atoms with Crippen LogP contribution >= 0.6 is 0 Å². The third kappa shape index (κ3) is 7.38. The minimum atomic E-state index is -0.256. The van der Waals surface area contributed by atoms with E-state index in [1.54, 1.807) is 0 Å². The topological polar surface area (TPSA) is 66.5 Å². The van der Waals surface area contributed by atoms with Crippen LogP contribution in [0.5, 0.6) is 0 Å². The molecule has 0 unspecified atom stereocenters. The lowest BCUT2D eigenvalue weighted by molar-refractivity contribution is -0.136. The molecule has 0 aromatic carbocycles. The average Bonchev–Trinajstić information content (AvgIpc) is 2.73. The van der Waals surface area contributed by atoms with Gasteiger partial charge >= 0.3 is 0 Å². The van der Waals surface area contributed by atoms with Crippen LogP contribution in [0, 0.1) is 5.41 Å². The molecule has 124 valence electrons. The Labute approximate surface area is 133 Å². The van der Waals surface area contributed by atoms with Gasteiger partial charge in [0.25, 0.3) is 11.8 Å². The molecule has 0 aromatic heterocycles. The van der Waals surface area contributed by atoms with Gasteiger partial charge in [0.15, 0.2) is 0 Å². The number of carbonyl (C=O) groups excluding carboxylic acids is 3. The van der Waals surface area contributed by atoms with E-state index in [1.807, 2.05) is 0 Å². The Morgan fingerprint density at radius 2 is 1.68 bits per heavy atom. The first-order valence-corrected chi connectivity index (χ1v) is 8.10. The van der Waals surface area contributed by atoms with Gasteiger partial charge in [-0.25, -0.2) is 0 Å². The summed E-state index contributed by atoms with van der Waals surface area (Å²) in [4.78, 5) is 35.5. The van der Waals surface area contributed by atoms with E-state index < -0.39 is 0 Å². The molecule has 3 amide bonds. The van der Waals surface area contributed by atoms with Crippen LogP contribution in [0.1, 0.15) is 59.3 Å². The van der Waals surface area contributed by atoms with Gasteiger partial charge in [-0.3, -0.25) is 19.3 Å². The van der Waals surface area contributed by atoms with E-state index in [9.17, 15) is 14.4 Å². The summed E-state index contributed by atoms with van der Waals surface area (Å²) in [6.45, 7) is 7.77. The second kappa shape index (κ2) is 8.71. The Kier molecular flexibility index (Phi) is 7.28. The van der Waals surface area contributed by atoms with Gasteiger partial charge in [-0.05, 0) is 31.1 Å². The number of nitrogens with one attached hydrogen (secondary N) is 1. The van der Waals surface area contributed by atoms with Crippen molar-refractivity contribution in [1.82, 2.24) is 10.2 Å². The van der Waals surface area contributed by atoms with Crippen LogP contribution in [-0.2, 0) is 14.4 Å². The predicted molar refractivity (Wildman–Crippen MR) is 86.0 cm³/mol. The zero-order valence-electron chi connectivity index (χ0n) is 14.0. The fourth-order valence-corrected chi connectivity index (χ4v) is 2.30. The second-order valence-corrected chi connectivity index (χ2v) is 6.99. The Bertz CT molecular complexity index is 418. The maximum absolute atomic E-state index is 11.7. The summed E-state index contributed by atoms with van der Waals surface area (Å²) in [6.07, 6.45) is 7.65. The van der Waals surface area contributed by atoms with Crippen LogP contribution in [0.2, 0.25) is 0 Å². The van der Waals surface area contributed by atoms with Crippen LogP contribution in [0.15, 0.2) is 12.2 Å². The van der Waals surface area contributed by atoms with Crippen molar-refractivity contribution in [2.24, 2.45) is 5.41 Å². The van der Waals surface area contributed by atoms with E-state index in [2.05, 4.69) is 26.1 Å². The van der Waals surface area contributed by atoms with Crippen molar-refractivity contribution >= 4 is 17.7 Å². The Balaban J connectivity index is 2.00. The molecule has 0 aromatic rings. The number of rotatable bonds is 9. The summed E-state index contributed by atoms with van der Waals surface area (Å²) in [5.41, 5.74) is 0.351. The third-order valence-corrected chi connectivity index (χ3v) is 3.61. The van der Waals surface area contributed by atoms with E-state index in [1.165, 1.54) is 17.1 Å². The first-order valence-electron chi connectivity index (χ1n) is 8.10. The summed E-state index contributed by atoms with van der Waals surface area (Å²) < 4.78 is 0. The van der Waals surface area contributed by atoms with Crippen molar-refractivity contribution in [3.63, 3.8) is 0 Å². The quantitative estimate of drug-likeness (QED) is 0.525. The molecule has 0 saturated heterocycles. The summed E-state index contributed by atoms with van der Waals surface area (Å²) >= 11 is 0. The maximum atomic E-state index is 11.7. The number of nitrogens with zero attached hydrogens (tertiary/aromatic N) is 1. The van der Waals surface area contributed by atoms with Gasteiger partial charge in [0, 0.05) is 31.7 Å².